The molecule has 0 spiro atoms. The standard InChI is InChI=1S/C18H25FN6S/c1-3-14-10-22-16(26-14)11-23-18(20-4-2)24-13-7-9-25(12-13)17-15(19)6-5-8-21-17/h5-6,8,10,13H,3-4,7,9,11-12H2,1-2H3,(H2,20,23,24). The molecule has 1 saturated heterocycles. The summed E-state index contributed by atoms with van der Waals surface area (Å²) in [6, 6.07) is 3.27. The highest BCUT2D eigenvalue weighted by Gasteiger charge is 2.25. The third kappa shape index (κ3) is 4.69. The van der Waals surface area contributed by atoms with Gasteiger partial charge in [-0.1, -0.05) is 6.92 Å². The highest BCUT2D eigenvalue weighted by molar-refractivity contribution is 7.11. The lowest BCUT2D eigenvalue weighted by molar-refractivity contribution is 0.612. The van der Waals surface area contributed by atoms with Gasteiger partial charge in [0, 0.05) is 42.9 Å². The second-order valence-electron chi connectivity index (χ2n) is 6.15. The Labute approximate surface area is 157 Å². The van der Waals surface area contributed by atoms with E-state index in [0.717, 1.165) is 36.9 Å². The molecule has 2 N–H and O–H groups in total. The van der Waals surface area contributed by atoms with Gasteiger partial charge in [0.05, 0.1) is 6.54 Å². The molecule has 0 saturated carbocycles. The fraction of sp³-hybridized carbons (Fsp3) is 0.500. The topological polar surface area (TPSA) is 65.4 Å². The molecule has 26 heavy (non-hydrogen) atoms. The second kappa shape index (κ2) is 8.93. The van der Waals surface area contributed by atoms with Gasteiger partial charge in [-0.25, -0.2) is 19.4 Å². The fourth-order valence-corrected chi connectivity index (χ4v) is 3.71. The van der Waals surface area contributed by atoms with Crippen molar-refractivity contribution in [3.63, 3.8) is 0 Å². The number of rotatable bonds is 6. The van der Waals surface area contributed by atoms with Crippen molar-refractivity contribution in [2.75, 3.05) is 24.5 Å². The van der Waals surface area contributed by atoms with Crippen molar-refractivity contribution in [2.45, 2.75) is 39.3 Å². The van der Waals surface area contributed by atoms with Crippen molar-refractivity contribution < 1.29 is 4.39 Å². The number of aryl methyl sites for hydroxylation is 1. The van der Waals surface area contributed by atoms with Crippen molar-refractivity contribution in [1.29, 1.82) is 0 Å². The van der Waals surface area contributed by atoms with E-state index >= 15 is 0 Å². The van der Waals surface area contributed by atoms with Gasteiger partial charge in [-0.3, -0.25) is 0 Å². The number of anilines is 1. The van der Waals surface area contributed by atoms with Crippen molar-refractivity contribution in [1.82, 2.24) is 20.6 Å². The number of pyridine rings is 1. The molecular weight excluding hydrogens is 351 g/mol. The minimum atomic E-state index is -0.274. The molecule has 3 heterocycles. The number of guanidine groups is 1. The largest absolute Gasteiger partial charge is 0.357 e. The predicted molar refractivity (Wildman–Crippen MR) is 104 cm³/mol. The van der Waals surface area contributed by atoms with E-state index in [1.807, 2.05) is 18.0 Å². The maximum atomic E-state index is 13.9. The molecule has 3 rings (SSSR count). The third-order valence-electron chi connectivity index (χ3n) is 4.23. The van der Waals surface area contributed by atoms with Crippen molar-refractivity contribution in [3.8, 4) is 0 Å². The van der Waals surface area contributed by atoms with Crippen LogP contribution in [0, 0.1) is 5.82 Å². The maximum Gasteiger partial charge on any atom is 0.191 e. The van der Waals surface area contributed by atoms with Gasteiger partial charge in [0.25, 0.3) is 0 Å². The van der Waals surface area contributed by atoms with Crippen LogP contribution < -0.4 is 15.5 Å². The summed E-state index contributed by atoms with van der Waals surface area (Å²) in [6.07, 6.45) is 5.47. The van der Waals surface area contributed by atoms with Crippen LogP contribution in [0.5, 0.6) is 0 Å². The van der Waals surface area contributed by atoms with E-state index in [2.05, 4.69) is 32.5 Å². The number of aromatic nitrogens is 2. The van der Waals surface area contributed by atoms with Crippen LogP contribution in [0.1, 0.15) is 30.2 Å². The third-order valence-corrected chi connectivity index (χ3v) is 5.36. The van der Waals surface area contributed by atoms with Crippen molar-refractivity contribution in [3.05, 3.63) is 40.2 Å². The van der Waals surface area contributed by atoms with Gasteiger partial charge >= 0.3 is 0 Å². The summed E-state index contributed by atoms with van der Waals surface area (Å²) in [5.74, 6) is 0.923. The van der Waals surface area contributed by atoms with Gasteiger partial charge in [-0.2, -0.15) is 0 Å². The number of hydrogen-bond acceptors (Lipinski definition) is 5. The smallest absolute Gasteiger partial charge is 0.191 e. The van der Waals surface area contributed by atoms with Gasteiger partial charge in [0.2, 0.25) is 0 Å². The number of thiazole rings is 1. The van der Waals surface area contributed by atoms with Crippen LogP contribution in [-0.2, 0) is 13.0 Å². The Balaban J connectivity index is 1.59. The molecule has 1 aliphatic heterocycles. The molecule has 8 heteroatoms. The van der Waals surface area contributed by atoms with Crippen LogP contribution in [0.3, 0.4) is 0 Å². The molecule has 0 amide bonds. The first kappa shape index (κ1) is 18.6. The van der Waals surface area contributed by atoms with E-state index in [1.54, 1.807) is 23.6 Å². The molecule has 2 aromatic rings. The zero-order valence-corrected chi connectivity index (χ0v) is 16.0. The summed E-state index contributed by atoms with van der Waals surface area (Å²) in [5.41, 5.74) is 0. The number of halogens is 1. The maximum absolute atomic E-state index is 13.9. The Morgan fingerprint density at radius 1 is 1.42 bits per heavy atom. The molecule has 1 fully saturated rings. The summed E-state index contributed by atoms with van der Waals surface area (Å²) >= 11 is 1.70. The van der Waals surface area contributed by atoms with Crippen LogP contribution in [0.4, 0.5) is 10.2 Å². The van der Waals surface area contributed by atoms with Crippen molar-refractivity contribution in [2.24, 2.45) is 4.99 Å². The normalized spacial score (nSPS) is 17.6. The van der Waals surface area contributed by atoms with Crippen LogP contribution in [-0.4, -0.2) is 41.6 Å². The van der Waals surface area contributed by atoms with E-state index in [-0.39, 0.29) is 11.9 Å². The van der Waals surface area contributed by atoms with Crippen LogP contribution in [0.2, 0.25) is 0 Å². The minimum absolute atomic E-state index is 0.205. The van der Waals surface area contributed by atoms with Gasteiger partial charge in [-0.15, -0.1) is 11.3 Å². The summed E-state index contributed by atoms with van der Waals surface area (Å²) in [6.45, 7) is 7.00. The Morgan fingerprint density at radius 3 is 3.04 bits per heavy atom. The van der Waals surface area contributed by atoms with Crippen LogP contribution in [0.25, 0.3) is 0 Å². The van der Waals surface area contributed by atoms with E-state index < -0.39 is 0 Å². The zero-order valence-electron chi connectivity index (χ0n) is 15.2. The molecule has 0 aromatic carbocycles. The Bertz CT molecular complexity index is 747. The highest BCUT2D eigenvalue weighted by atomic mass is 32.1. The van der Waals surface area contributed by atoms with E-state index in [1.165, 1.54) is 10.9 Å². The van der Waals surface area contributed by atoms with Gasteiger partial charge < -0.3 is 15.5 Å². The van der Waals surface area contributed by atoms with E-state index in [4.69, 9.17) is 0 Å². The molecule has 1 unspecified atom stereocenters. The first-order chi connectivity index (χ1) is 12.7. The first-order valence-corrected chi connectivity index (χ1v) is 9.85. The fourth-order valence-electron chi connectivity index (χ4n) is 2.93. The average molecular weight is 377 g/mol. The molecule has 0 aliphatic carbocycles. The van der Waals surface area contributed by atoms with E-state index in [0.29, 0.717) is 18.9 Å². The quantitative estimate of drug-likeness (QED) is 0.599. The molecule has 0 radical (unpaired) electrons. The summed E-state index contributed by atoms with van der Waals surface area (Å²) in [7, 11) is 0. The summed E-state index contributed by atoms with van der Waals surface area (Å²) in [4.78, 5) is 16.5. The van der Waals surface area contributed by atoms with Crippen LogP contribution >= 0.6 is 11.3 Å². The first-order valence-electron chi connectivity index (χ1n) is 9.03. The van der Waals surface area contributed by atoms with Crippen LogP contribution in [0.15, 0.2) is 29.5 Å². The van der Waals surface area contributed by atoms with Gasteiger partial charge in [0.15, 0.2) is 17.6 Å². The lowest BCUT2D eigenvalue weighted by atomic mass is 10.3. The zero-order chi connectivity index (χ0) is 18.4. The van der Waals surface area contributed by atoms with Crippen molar-refractivity contribution >= 4 is 23.1 Å². The lowest BCUT2D eigenvalue weighted by Crippen LogP contribution is -2.44. The molecule has 0 bridgehead atoms. The molecule has 2 aromatic heterocycles. The Hall–Kier alpha value is -2.22. The minimum Gasteiger partial charge on any atom is -0.357 e. The Morgan fingerprint density at radius 2 is 2.31 bits per heavy atom. The molecule has 140 valence electrons. The monoisotopic (exact) mass is 376 g/mol. The number of nitrogens with one attached hydrogen (secondary N) is 2. The highest BCUT2D eigenvalue weighted by Crippen LogP contribution is 2.20. The predicted octanol–water partition coefficient (Wildman–Crippen LogP) is 2.57. The second-order valence-corrected chi connectivity index (χ2v) is 7.35. The SMILES string of the molecule is CCNC(=NCc1ncc(CC)s1)NC1CCN(c2ncccc2F)C1. The number of aliphatic imine (C=N–C) groups is 1. The van der Waals surface area contributed by atoms with Gasteiger partial charge in [0.1, 0.15) is 5.01 Å². The summed E-state index contributed by atoms with van der Waals surface area (Å²) in [5, 5.41) is 7.74. The number of hydrogen-bond donors (Lipinski definition) is 2. The number of nitrogens with zero attached hydrogens (tertiary/aromatic N) is 4. The Kier molecular flexibility index (Phi) is 6.38. The molecular formula is C18H25FN6S. The average Bonchev–Trinajstić information content (AvgIpc) is 3.29. The van der Waals surface area contributed by atoms with E-state index in [9.17, 15) is 4.39 Å². The lowest BCUT2D eigenvalue weighted by Gasteiger charge is -2.19. The van der Waals surface area contributed by atoms with Gasteiger partial charge in [-0.05, 0) is 31.9 Å². The molecule has 1 aliphatic rings. The molecule has 6 nitrogen and oxygen atoms in total. The molecule has 1 atom stereocenters. The summed E-state index contributed by atoms with van der Waals surface area (Å²) < 4.78 is 13.9.